The van der Waals surface area contributed by atoms with E-state index in [1.165, 1.54) is 6.07 Å². The minimum atomic E-state index is -0.139. The third-order valence-corrected chi connectivity index (χ3v) is 3.51. The van der Waals surface area contributed by atoms with Gasteiger partial charge < -0.3 is 4.98 Å². The molecule has 0 spiro atoms. The highest BCUT2D eigenvalue weighted by atomic mass is 16.1. The lowest BCUT2D eigenvalue weighted by Gasteiger charge is -2.05. The first-order valence-electron chi connectivity index (χ1n) is 6.64. The first-order chi connectivity index (χ1) is 10.3. The summed E-state index contributed by atoms with van der Waals surface area (Å²) in [5.41, 5.74) is 3.53. The topological polar surface area (TPSA) is 58.6 Å². The van der Waals surface area contributed by atoms with Gasteiger partial charge in [0.15, 0.2) is 0 Å². The summed E-state index contributed by atoms with van der Waals surface area (Å²) in [6, 6.07) is 15.4. The van der Waals surface area contributed by atoms with Crippen LogP contribution in [0.5, 0.6) is 0 Å². The standard InChI is InChI=1S/C17H11N3O/c21-16-6-4-13-9-14(10-19-17(13)20-16)11-3-5-15-12(8-11)2-1-7-18-15/h1-10H,(H,19,20,21). The van der Waals surface area contributed by atoms with Gasteiger partial charge in [-0.05, 0) is 35.9 Å². The number of rotatable bonds is 1. The fraction of sp³-hybridized carbons (Fsp3) is 0. The summed E-state index contributed by atoms with van der Waals surface area (Å²) in [7, 11) is 0. The first-order valence-corrected chi connectivity index (χ1v) is 6.64. The van der Waals surface area contributed by atoms with Crippen LogP contribution in [0.15, 0.2) is 65.7 Å². The third-order valence-electron chi connectivity index (χ3n) is 3.51. The van der Waals surface area contributed by atoms with Crippen LogP contribution in [0.3, 0.4) is 0 Å². The molecular formula is C17H11N3O. The molecular weight excluding hydrogens is 262 g/mol. The molecule has 4 rings (SSSR count). The molecule has 0 amide bonds. The SMILES string of the molecule is O=c1ccc2cc(-c3ccc4ncccc4c3)cnc2[nH]1. The minimum absolute atomic E-state index is 0.139. The largest absolute Gasteiger partial charge is 0.307 e. The molecule has 4 heteroatoms. The molecule has 4 nitrogen and oxygen atoms in total. The Bertz CT molecular complexity index is 1020. The van der Waals surface area contributed by atoms with Gasteiger partial charge in [0.1, 0.15) is 5.65 Å². The van der Waals surface area contributed by atoms with E-state index in [2.05, 4.69) is 21.0 Å². The van der Waals surface area contributed by atoms with E-state index in [1.54, 1.807) is 18.5 Å². The average Bonchev–Trinajstić information content (AvgIpc) is 2.54. The third kappa shape index (κ3) is 2.07. The van der Waals surface area contributed by atoms with Gasteiger partial charge in [-0.25, -0.2) is 4.98 Å². The Morgan fingerprint density at radius 3 is 2.71 bits per heavy atom. The minimum Gasteiger partial charge on any atom is -0.307 e. The second-order valence-electron chi connectivity index (χ2n) is 4.90. The van der Waals surface area contributed by atoms with E-state index in [1.807, 2.05) is 30.3 Å². The van der Waals surface area contributed by atoms with Crippen molar-refractivity contribution < 1.29 is 0 Å². The van der Waals surface area contributed by atoms with Crippen LogP contribution < -0.4 is 5.56 Å². The molecule has 3 aromatic heterocycles. The highest BCUT2D eigenvalue weighted by Crippen LogP contribution is 2.24. The van der Waals surface area contributed by atoms with Gasteiger partial charge in [-0.1, -0.05) is 12.1 Å². The van der Waals surface area contributed by atoms with Gasteiger partial charge >= 0.3 is 0 Å². The number of hydrogen-bond acceptors (Lipinski definition) is 3. The van der Waals surface area contributed by atoms with Crippen molar-refractivity contribution in [2.24, 2.45) is 0 Å². The summed E-state index contributed by atoms with van der Waals surface area (Å²) < 4.78 is 0. The normalized spacial score (nSPS) is 11.0. The van der Waals surface area contributed by atoms with Crippen molar-refractivity contribution in [1.29, 1.82) is 0 Å². The number of hydrogen-bond donors (Lipinski definition) is 1. The molecule has 0 aliphatic heterocycles. The predicted molar refractivity (Wildman–Crippen MR) is 83.1 cm³/mol. The smallest absolute Gasteiger partial charge is 0.249 e. The van der Waals surface area contributed by atoms with Crippen molar-refractivity contribution in [1.82, 2.24) is 15.0 Å². The van der Waals surface area contributed by atoms with Crippen LogP contribution in [-0.2, 0) is 0 Å². The lowest BCUT2D eigenvalue weighted by atomic mass is 10.0. The summed E-state index contributed by atoms with van der Waals surface area (Å²) >= 11 is 0. The fourth-order valence-electron chi connectivity index (χ4n) is 2.45. The summed E-state index contributed by atoms with van der Waals surface area (Å²) in [6.45, 7) is 0. The molecule has 0 saturated heterocycles. The Hall–Kier alpha value is -3.01. The molecule has 4 aromatic rings. The zero-order valence-corrected chi connectivity index (χ0v) is 11.1. The maximum Gasteiger partial charge on any atom is 0.249 e. The first kappa shape index (κ1) is 11.8. The van der Waals surface area contributed by atoms with Gasteiger partial charge in [0, 0.05) is 34.8 Å². The van der Waals surface area contributed by atoms with E-state index in [4.69, 9.17) is 0 Å². The molecule has 0 radical (unpaired) electrons. The number of H-pyrrole nitrogens is 1. The van der Waals surface area contributed by atoms with E-state index in [9.17, 15) is 4.79 Å². The van der Waals surface area contributed by atoms with Crippen molar-refractivity contribution in [2.75, 3.05) is 0 Å². The number of nitrogens with one attached hydrogen (secondary N) is 1. The Labute approximate surface area is 120 Å². The highest BCUT2D eigenvalue weighted by molar-refractivity contribution is 5.86. The quantitative estimate of drug-likeness (QED) is 0.579. The van der Waals surface area contributed by atoms with Crippen molar-refractivity contribution in [3.63, 3.8) is 0 Å². The van der Waals surface area contributed by atoms with Crippen LogP contribution in [0.25, 0.3) is 33.1 Å². The fourth-order valence-corrected chi connectivity index (χ4v) is 2.45. The molecule has 0 fully saturated rings. The van der Waals surface area contributed by atoms with Crippen LogP contribution >= 0.6 is 0 Å². The molecule has 0 bridgehead atoms. The molecule has 100 valence electrons. The van der Waals surface area contributed by atoms with Crippen LogP contribution in [-0.4, -0.2) is 15.0 Å². The number of fused-ring (bicyclic) bond motifs is 2. The molecule has 3 heterocycles. The van der Waals surface area contributed by atoms with Crippen LogP contribution in [0.2, 0.25) is 0 Å². The van der Waals surface area contributed by atoms with Gasteiger partial charge in [0.25, 0.3) is 0 Å². The van der Waals surface area contributed by atoms with E-state index in [0.29, 0.717) is 5.65 Å². The van der Waals surface area contributed by atoms with E-state index < -0.39 is 0 Å². The maximum absolute atomic E-state index is 11.3. The van der Waals surface area contributed by atoms with Gasteiger partial charge in [0.05, 0.1) is 5.52 Å². The number of benzene rings is 1. The highest BCUT2D eigenvalue weighted by Gasteiger charge is 2.03. The Morgan fingerprint density at radius 1 is 0.857 bits per heavy atom. The van der Waals surface area contributed by atoms with Gasteiger partial charge in [-0.3, -0.25) is 9.78 Å². The van der Waals surface area contributed by atoms with Crippen molar-refractivity contribution >= 4 is 21.9 Å². The summed E-state index contributed by atoms with van der Waals surface area (Å²) in [5, 5.41) is 2.01. The molecule has 0 atom stereocenters. The van der Waals surface area contributed by atoms with E-state index in [0.717, 1.165) is 27.4 Å². The summed E-state index contributed by atoms with van der Waals surface area (Å²) in [6.07, 6.45) is 3.56. The Kier molecular flexibility index (Phi) is 2.54. The second kappa shape index (κ2) is 4.52. The average molecular weight is 273 g/mol. The van der Waals surface area contributed by atoms with E-state index in [-0.39, 0.29) is 5.56 Å². The van der Waals surface area contributed by atoms with Gasteiger partial charge in [-0.15, -0.1) is 0 Å². The Balaban J connectivity index is 1.91. The lowest BCUT2D eigenvalue weighted by molar-refractivity contribution is 1.23. The van der Waals surface area contributed by atoms with Crippen LogP contribution in [0.4, 0.5) is 0 Å². The monoisotopic (exact) mass is 273 g/mol. The summed E-state index contributed by atoms with van der Waals surface area (Å²) in [4.78, 5) is 22.7. The zero-order valence-electron chi connectivity index (χ0n) is 11.1. The predicted octanol–water partition coefficient (Wildman–Crippen LogP) is 3.14. The van der Waals surface area contributed by atoms with Gasteiger partial charge in [0.2, 0.25) is 5.56 Å². The molecule has 0 aliphatic rings. The number of aromatic amines is 1. The van der Waals surface area contributed by atoms with Crippen LogP contribution in [0.1, 0.15) is 0 Å². The van der Waals surface area contributed by atoms with Crippen molar-refractivity contribution in [3.8, 4) is 11.1 Å². The van der Waals surface area contributed by atoms with Crippen molar-refractivity contribution in [3.05, 3.63) is 71.3 Å². The molecule has 1 aromatic carbocycles. The second-order valence-corrected chi connectivity index (χ2v) is 4.90. The number of aromatic nitrogens is 3. The van der Waals surface area contributed by atoms with E-state index >= 15 is 0 Å². The van der Waals surface area contributed by atoms with Crippen molar-refractivity contribution in [2.45, 2.75) is 0 Å². The molecule has 0 unspecified atom stereocenters. The molecule has 0 aliphatic carbocycles. The van der Waals surface area contributed by atoms with Gasteiger partial charge in [-0.2, -0.15) is 0 Å². The Morgan fingerprint density at radius 2 is 1.76 bits per heavy atom. The maximum atomic E-state index is 11.3. The zero-order chi connectivity index (χ0) is 14.2. The number of pyridine rings is 3. The molecule has 1 N–H and O–H groups in total. The summed E-state index contributed by atoms with van der Waals surface area (Å²) in [5.74, 6) is 0. The molecule has 0 saturated carbocycles. The molecule has 21 heavy (non-hydrogen) atoms. The lowest BCUT2D eigenvalue weighted by Crippen LogP contribution is -2.03. The van der Waals surface area contributed by atoms with Crippen LogP contribution in [0, 0.1) is 0 Å². The number of nitrogens with zero attached hydrogens (tertiary/aromatic N) is 2.